The van der Waals surface area contributed by atoms with Gasteiger partial charge in [0.05, 0.1) is 5.75 Å². The summed E-state index contributed by atoms with van der Waals surface area (Å²) in [5.74, 6) is 0.470. The fourth-order valence-corrected chi connectivity index (χ4v) is 4.77. The van der Waals surface area contributed by atoms with Crippen LogP contribution in [0.4, 0.5) is 0 Å². The molecule has 0 aromatic heterocycles. The van der Waals surface area contributed by atoms with Crippen LogP contribution in [0.2, 0.25) is 5.02 Å². The summed E-state index contributed by atoms with van der Waals surface area (Å²) in [6.45, 7) is 3.69. The van der Waals surface area contributed by atoms with E-state index in [2.05, 4.69) is 5.32 Å². The summed E-state index contributed by atoms with van der Waals surface area (Å²) in [7, 11) is -1.63. The first-order valence-electron chi connectivity index (χ1n) is 7.32. The second-order valence-electron chi connectivity index (χ2n) is 5.69. The van der Waals surface area contributed by atoms with E-state index in [0.717, 1.165) is 31.5 Å². The van der Waals surface area contributed by atoms with Crippen LogP contribution in [0.1, 0.15) is 31.4 Å². The van der Waals surface area contributed by atoms with Gasteiger partial charge in [0.2, 0.25) is 10.0 Å². The number of hydrogen-bond donors (Lipinski definition) is 1. The van der Waals surface area contributed by atoms with Crippen molar-refractivity contribution >= 4 is 21.6 Å². The molecule has 1 atom stereocenters. The number of rotatable bonds is 5. The first kappa shape index (κ1) is 16.7. The van der Waals surface area contributed by atoms with Crippen LogP contribution in [-0.2, 0) is 10.0 Å². The van der Waals surface area contributed by atoms with Crippen LogP contribution in [-0.4, -0.2) is 38.6 Å². The van der Waals surface area contributed by atoms with Crippen molar-refractivity contribution in [3.8, 4) is 0 Å². The van der Waals surface area contributed by atoms with E-state index in [-0.39, 0.29) is 17.7 Å². The zero-order valence-electron chi connectivity index (χ0n) is 12.5. The van der Waals surface area contributed by atoms with Gasteiger partial charge in [-0.1, -0.05) is 29.8 Å². The van der Waals surface area contributed by atoms with Crippen molar-refractivity contribution in [1.29, 1.82) is 0 Å². The van der Waals surface area contributed by atoms with E-state index in [0.29, 0.717) is 5.02 Å². The molecule has 0 saturated carbocycles. The Kier molecular flexibility index (Phi) is 5.66. The average Bonchev–Trinajstić information content (AvgIpc) is 2.47. The van der Waals surface area contributed by atoms with Gasteiger partial charge in [-0.15, -0.1) is 0 Å². The van der Waals surface area contributed by atoms with Crippen LogP contribution in [0.5, 0.6) is 0 Å². The lowest BCUT2D eigenvalue weighted by Gasteiger charge is -2.29. The Morgan fingerprint density at radius 1 is 1.33 bits per heavy atom. The highest BCUT2D eigenvalue weighted by atomic mass is 35.5. The number of piperidine rings is 1. The molecule has 6 heteroatoms. The van der Waals surface area contributed by atoms with E-state index in [1.165, 1.54) is 4.31 Å². The second kappa shape index (κ2) is 7.09. The van der Waals surface area contributed by atoms with Crippen LogP contribution in [0.15, 0.2) is 24.3 Å². The van der Waals surface area contributed by atoms with E-state index in [4.69, 9.17) is 11.6 Å². The van der Waals surface area contributed by atoms with Crippen LogP contribution < -0.4 is 5.32 Å². The summed E-state index contributed by atoms with van der Waals surface area (Å²) >= 11 is 6.18. The number of nitrogens with one attached hydrogen (secondary N) is 1. The summed E-state index contributed by atoms with van der Waals surface area (Å²) in [5, 5.41) is 3.87. The first-order valence-corrected chi connectivity index (χ1v) is 9.31. The minimum absolute atomic E-state index is 0.222. The molecular weight excluding hydrogens is 308 g/mol. The van der Waals surface area contributed by atoms with E-state index in [1.807, 2.05) is 25.1 Å². The molecule has 1 aromatic rings. The topological polar surface area (TPSA) is 49.4 Å². The second-order valence-corrected chi connectivity index (χ2v) is 8.17. The lowest BCUT2D eigenvalue weighted by atomic mass is 10.0. The molecule has 1 N–H and O–H groups in total. The maximum atomic E-state index is 12.6. The van der Waals surface area contributed by atoms with Gasteiger partial charge in [-0.25, -0.2) is 8.42 Å². The van der Waals surface area contributed by atoms with E-state index >= 15 is 0 Å². The smallest absolute Gasteiger partial charge is 0.214 e. The predicted octanol–water partition coefficient (Wildman–Crippen LogP) is 2.66. The molecule has 0 bridgehead atoms. The summed E-state index contributed by atoms with van der Waals surface area (Å²) in [5.41, 5.74) is 0.843. The Hall–Kier alpha value is -0.620. The standard InChI is InChI=1S/C15H23ClN2O2S/c1-12(14-5-3-4-6-15(14)16)18(2)21(19,20)11-13-7-9-17-10-8-13/h3-6,12-13,17H,7-11H2,1-2H3. The highest BCUT2D eigenvalue weighted by Crippen LogP contribution is 2.29. The maximum Gasteiger partial charge on any atom is 0.214 e. The van der Waals surface area contributed by atoms with Crippen LogP contribution >= 0.6 is 11.6 Å². The number of sulfonamides is 1. The third-order valence-corrected chi connectivity index (χ3v) is 6.68. The molecule has 0 radical (unpaired) electrons. The van der Waals surface area contributed by atoms with Crippen molar-refractivity contribution in [2.45, 2.75) is 25.8 Å². The Morgan fingerprint density at radius 3 is 2.57 bits per heavy atom. The SMILES string of the molecule is CC(c1ccccc1Cl)N(C)S(=O)(=O)CC1CCNCC1. The van der Waals surface area contributed by atoms with Gasteiger partial charge >= 0.3 is 0 Å². The van der Waals surface area contributed by atoms with Gasteiger partial charge in [0.25, 0.3) is 0 Å². The van der Waals surface area contributed by atoms with Gasteiger partial charge < -0.3 is 5.32 Å². The zero-order valence-corrected chi connectivity index (χ0v) is 14.1. The van der Waals surface area contributed by atoms with Crippen LogP contribution in [0, 0.1) is 5.92 Å². The van der Waals surface area contributed by atoms with Crippen molar-refractivity contribution in [1.82, 2.24) is 9.62 Å². The summed E-state index contributed by atoms with van der Waals surface area (Å²) in [6, 6.07) is 7.14. The van der Waals surface area contributed by atoms with Gasteiger partial charge in [0.1, 0.15) is 0 Å². The zero-order chi connectivity index (χ0) is 15.5. The fourth-order valence-electron chi connectivity index (χ4n) is 2.71. The third-order valence-electron chi connectivity index (χ3n) is 4.24. The molecule has 118 valence electrons. The molecule has 21 heavy (non-hydrogen) atoms. The molecule has 0 aliphatic carbocycles. The van der Waals surface area contributed by atoms with Crippen molar-refractivity contribution in [2.75, 3.05) is 25.9 Å². The quantitative estimate of drug-likeness (QED) is 0.903. The van der Waals surface area contributed by atoms with Gasteiger partial charge in [-0.05, 0) is 50.4 Å². The molecular formula is C15H23ClN2O2S. The molecule has 1 fully saturated rings. The molecule has 1 heterocycles. The molecule has 1 aromatic carbocycles. The molecule has 1 aliphatic rings. The van der Waals surface area contributed by atoms with E-state index in [1.54, 1.807) is 13.1 Å². The number of benzene rings is 1. The largest absolute Gasteiger partial charge is 0.317 e. The predicted molar refractivity (Wildman–Crippen MR) is 87.0 cm³/mol. The molecule has 1 unspecified atom stereocenters. The molecule has 2 rings (SSSR count). The molecule has 0 spiro atoms. The Morgan fingerprint density at radius 2 is 1.95 bits per heavy atom. The number of halogens is 1. The minimum Gasteiger partial charge on any atom is -0.317 e. The Labute approximate surface area is 132 Å². The molecule has 4 nitrogen and oxygen atoms in total. The third kappa shape index (κ3) is 4.19. The average molecular weight is 331 g/mol. The summed E-state index contributed by atoms with van der Waals surface area (Å²) < 4.78 is 26.6. The summed E-state index contributed by atoms with van der Waals surface area (Å²) in [4.78, 5) is 0. The Balaban J connectivity index is 2.10. The molecule has 0 amide bonds. The van der Waals surface area contributed by atoms with Crippen molar-refractivity contribution in [2.24, 2.45) is 5.92 Å². The van der Waals surface area contributed by atoms with Gasteiger partial charge in [0.15, 0.2) is 0 Å². The maximum absolute atomic E-state index is 12.6. The van der Waals surface area contributed by atoms with Crippen molar-refractivity contribution < 1.29 is 8.42 Å². The molecule has 1 aliphatic heterocycles. The monoisotopic (exact) mass is 330 g/mol. The van der Waals surface area contributed by atoms with Crippen LogP contribution in [0.25, 0.3) is 0 Å². The van der Waals surface area contributed by atoms with Gasteiger partial charge in [0, 0.05) is 18.1 Å². The first-order chi connectivity index (χ1) is 9.92. The number of hydrogen-bond acceptors (Lipinski definition) is 3. The van der Waals surface area contributed by atoms with E-state index < -0.39 is 10.0 Å². The van der Waals surface area contributed by atoms with Gasteiger partial charge in [-0.3, -0.25) is 0 Å². The van der Waals surface area contributed by atoms with Gasteiger partial charge in [-0.2, -0.15) is 4.31 Å². The van der Waals surface area contributed by atoms with E-state index in [9.17, 15) is 8.42 Å². The summed E-state index contributed by atoms with van der Waals surface area (Å²) in [6.07, 6.45) is 1.85. The lowest BCUT2D eigenvalue weighted by Crippen LogP contribution is -2.37. The highest BCUT2D eigenvalue weighted by molar-refractivity contribution is 7.89. The fraction of sp³-hybridized carbons (Fsp3) is 0.600. The number of nitrogens with zero attached hydrogens (tertiary/aromatic N) is 1. The highest BCUT2D eigenvalue weighted by Gasteiger charge is 2.29. The normalized spacial score (nSPS) is 18.9. The van der Waals surface area contributed by atoms with Crippen molar-refractivity contribution in [3.05, 3.63) is 34.9 Å². The van der Waals surface area contributed by atoms with Crippen molar-refractivity contribution in [3.63, 3.8) is 0 Å². The van der Waals surface area contributed by atoms with Crippen LogP contribution in [0.3, 0.4) is 0 Å². The molecule has 1 saturated heterocycles. The Bertz CT molecular complexity index is 571. The lowest BCUT2D eigenvalue weighted by molar-refractivity contribution is 0.369. The minimum atomic E-state index is -3.28.